The minimum absolute atomic E-state index is 0.0828. The molecule has 4 nitrogen and oxygen atoms in total. The Hall–Kier alpha value is -1.49. The highest BCUT2D eigenvalue weighted by Gasteiger charge is 2.29. The molecule has 1 amide bonds. The van der Waals surface area contributed by atoms with E-state index in [4.69, 9.17) is 5.11 Å². The Morgan fingerprint density at radius 1 is 1.50 bits per heavy atom. The number of aliphatic carboxylic acids is 1. The van der Waals surface area contributed by atoms with Gasteiger partial charge in [0.15, 0.2) is 0 Å². The fourth-order valence-electron chi connectivity index (χ4n) is 1.84. The number of carboxylic acid groups (broad SMARTS) is 1. The van der Waals surface area contributed by atoms with Gasteiger partial charge >= 0.3 is 5.97 Å². The summed E-state index contributed by atoms with van der Waals surface area (Å²) in [5.41, 5.74) is 1.04. The maximum absolute atomic E-state index is 12.0. The lowest BCUT2D eigenvalue weighted by Crippen LogP contribution is -2.35. The van der Waals surface area contributed by atoms with Crippen molar-refractivity contribution in [1.29, 1.82) is 0 Å². The molecule has 0 saturated heterocycles. The summed E-state index contributed by atoms with van der Waals surface area (Å²) in [6.07, 6.45) is 0. The van der Waals surface area contributed by atoms with Gasteiger partial charge in [-0.25, -0.2) is 0 Å². The summed E-state index contributed by atoms with van der Waals surface area (Å²) < 4.78 is 0. The van der Waals surface area contributed by atoms with E-state index in [1.807, 2.05) is 24.3 Å². The molecule has 0 fully saturated rings. The predicted octanol–water partition coefficient (Wildman–Crippen LogP) is 1.71. The van der Waals surface area contributed by atoms with Gasteiger partial charge in [-0.1, -0.05) is 25.1 Å². The first-order valence-corrected chi connectivity index (χ1v) is 6.80. The monoisotopic (exact) mass is 265 g/mol. The van der Waals surface area contributed by atoms with E-state index in [0.29, 0.717) is 0 Å². The van der Waals surface area contributed by atoms with Crippen LogP contribution in [-0.4, -0.2) is 29.3 Å². The lowest BCUT2D eigenvalue weighted by molar-refractivity contribution is -0.141. The second kappa shape index (κ2) is 5.44. The van der Waals surface area contributed by atoms with Crippen LogP contribution in [-0.2, 0) is 9.59 Å². The van der Waals surface area contributed by atoms with E-state index in [1.54, 1.807) is 18.7 Å². The predicted molar refractivity (Wildman–Crippen MR) is 69.7 cm³/mol. The van der Waals surface area contributed by atoms with Crippen LogP contribution in [0, 0.1) is 5.92 Å². The van der Waals surface area contributed by atoms with Crippen LogP contribution in [0.4, 0.5) is 0 Å². The molecule has 0 aromatic heterocycles. The van der Waals surface area contributed by atoms with Gasteiger partial charge in [0.25, 0.3) is 0 Å². The number of thioether (sulfide) groups is 1. The highest BCUT2D eigenvalue weighted by Crippen LogP contribution is 2.39. The minimum Gasteiger partial charge on any atom is -0.481 e. The smallest absolute Gasteiger partial charge is 0.308 e. The van der Waals surface area contributed by atoms with Crippen LogP contribution in [0.15, 0.2) is 29.2 Å². The molecule has 2 atom stereocenters. The highest BCUT2D eigenvalue weighted by atomic mass is 32.2. The first-order chi connectivity index (χ1) is 8.59. The summed E-state index contributed by atoms with van der Waals surface area (Å²) >= 11 is 1.67. The van der Waals surface area contributed by atoms with Gasteiger partial charge in [0, 0.05) is 17.2 Å². The third-order valence-corrected chi connectivity index (χ3v) is 4.20. The zero-order valence-corrected chi connectivity index (χ0v) is 10.9. The average Bonchev–Trinajstić information content (AvgIpc) is 2.79. The van der Waals surface area contributed by atoms with E-state index < -0.39 is 11.9 Å². The summed E-state index contributed by atoms with van der Waals surface area (Å²) in [5.74, 6) is -0.963. The van der Waals surface area contributed by atoms with Crippen molar-refractivity contribution >= 4 is 23.6 Å². The van der Waals surface area contributed by atoms with Crippen LogP contribution in [0.5, 0.6) is 0 Å². The van der Waals surface area contributed by atoms with Gasteiger partial charge in [0.05, 0.1) is 11.8 Å². The van der Waals surface area contributed by atoms with Crippen LogP contribution >= 0.6 is 11.8 Å². The molecular formula is C13H15NO3S. The van der Waals surface area contributed by atoms with Crippen LogP contribution in [0.3, 0.4) is 0 Å². The van der Waals surface area contributed by atoms with E-state index in [2.05, 4.69) is 5.32 Å². The number of benzene rings is 1. The number of nitrogens with one attached hydrogen (secondary N) is 1. The van der Waals surface area contributed by atoms with Crippen LogP contribution in [0.2, 0.25) is 0 Å². The molecule has 0 radical (unpaired) electrons. The van der Waals surface area contributed by atoms with Crippen molar-refractivity contribution in [3.63, 3.8) is 0 Å². The summed E-state index contributed by atoms with van der Waals surface area (Å²) in [4.78, 5) is 23.8. The molecule has 96 valence electrons. The maximum Gasteiger partial charge on any atom is 0.308 e. The summed E-state index contributed by atoms with van der Waals surface area (Å²) in [6, 6.07) is 7.84. The summed E-state index contributed by atoms with van der Waals surface area (Å²) in [7, 11) is 0. The number of carboxylic acids is 1. The van der Waals surface area contributed by atoms with Crippen LogP contribution in [0.1, 0.15) is 18.4 Å². The first kappa shape index (κ1) is 13.0. The molecule has 1 heterocycles. The fourth-order valence-corrected chi connectivity index (χ4v) is 3.07. The van der Waals surface area contributed by atoms with Crippen molar-refractivity contribution < 1.29 is 14.7 Å². The summed E-state index contributed by atoms with van der Waals surface area (Å²) in [6.45, 7) is 1.76. The van der Waals surface area contributed by atoms with Gasteiger partial charge in [-0.05, 0) is 11.6 Å². The Morgan fingerprint density at radius 3 is 2.94 bits per heavy atom. The molecule has 2 rings (SSSR count). The molecule has 1 aromatic rings. The Bertz CT molecular complexity index is 475. The average molecular weight is 265 g/mol. The topological polar surface area (TPSA) is 66.4 Å². The lowest BCUT2D eigenvalue weighted by atomic mass is 10.0. The van der Waals surface area contributed by atoms with Crippen molar-refractivity contribution in [3.05, 3.63) is 29.8 Å². The standard InChI is InChI=1S/C13H15NO3S/c1-8(13(16)17)6-14-12(15)10-7-18-11-5-3-2-4-9(10)11/h2-5,8,10H,6-7H2,1H3,(H,14,15)(H,16,17)/t8-,10+/m1/s1. The number of fused-ring (bicyclic) bond motifs is 1. The second-order valence-corrected chi connectivity index (χ2v) is 5.45. The van der Waals surface area contributed by atoms with Crippen molar-refractivity contribution in [2.75, 3.05) is 12.3 Å². The molecule has 5 heteroatoms. The first-order valence-electron chi connectivity index (χ1n) is 5.82. The molecule has 0 saturated carbocycles. The zero-order valence-electron chi connectivity index (χ0n) is 10.1. The fraction of sp³-hybridized carbons (Fsp3) is 0.385. The van der Waals surface area contributed by atoms with Crippen molar-refractivity contribution in [3.8, 4) is 0 Å². The molecule has 18 heavy (non-hydrogen) atoms. The SMILES string of the molecule is C[C@H](CNC(=O)[C@H]1CSc2ccccc21)C(=O)O. The van der Waals surface area contributed by atoms with E-state index in [9.17, 15) is 9.59 Å². The molecule has 1 aliphatic rings. The molecule has 2 N–H and O–H groups in total. The van der Waals surface area contributed by atoms with Gasteiger partial charge in [-0.2, -0.15) is 0 Å². The number of hydrogen-bond donors (Lipinski definition) is 2. The third kappa shape index (κ3) is 2.67. The Labute approximate surface area is 110 Å². The minimum atomic E-state index is -0.892. The summed E-state index contributed by atoms with van der Waals surface area (Å²) in [5, 5.41) is 11.5. The van der Waals surface area contributed by atoms with E-state index >= 15 is 0 Å². The second-order valence-electron chi connectivity index (χ2n) is 4.39. The van der Waals surface area contributed by atoms with Crippen LogP contribution in [0.25, 0.3) is 0 Å². The number of carbonyl (C=O) groups is 2. The van der Waals surface area contributed by atoms with E-state index in [-0.39, 0.29) is 18.4 Å². The van der Waals surface area contributed by atoms with E-state index in [1.165, 1.54) is 0 Å². The van der Waals surface area contributed by atoms with Crippen LogP contribution < -0.4 is 5.32 Å². The Balaban J connectivity index is 1.97. The highest BCUT2D eigenvalue weighted by molar-refractivity contribution is 7.99. The molecule has 1 aromatic carbocycles. The Kier molecular flexibility index (Phi) is 3.91. The number of carbonyl (C=O) groups excluding carboxylic acids is 1. The molecular weight excluding hydrogens is 250 g/mol. The largest absolute Gasteiger partial charge is 0.481 e. The third-order valence-electron chi connectivity index (χ3n) is 3.02. The van der Waals surface area contributed by atoms with E-state index in [0.717, 1.165) is 16.2 Å². The number of hydrogen-bond acceptors (Lipinski definition) is 3. The molecule has 0 unspecified atom stereocenters. The van der Waals surface area contributed by atoms with Crippen molar-refractivity contribution in [2.45, 2.75) is 17.7 Å². The molecule has 1 aliphatic heterocycles. The molecule has 0 spiro atoms. The van der Waals surface area contributed by atoms with Crippen molar-refractivity contribution in [1.82, 2.24) is 5.32 Å². The zero-order chi connectivity index (χ0) is 13.1. The van der Waals surface area contributed by atoms with Gasteiger partial charge in [-0.15, -0.1) is 11.8 Å². The lowest BCUT2D eigenvalue weighted by Gasteiger charge is -2.13. The molecule has 0 aliphatic carbocycles. The normalized spacial score (nSPS) is 19.1. The van der Waals surface area contributed by atoms with Gasteiger partial charge in [0.1, 0.15) is 0 Å². The number of amides is 1. The Morgan fingerprint density at radius 2 is 2.22 bits per heavy atom. The maximum atomic E-state index is 12.0. The van der Waals surface area contributed by atoms with Crippen molar-refractivity contribution in [2.24, 2.45) is 5.92 Å². The number of rotatable bonds is 4. The van der Waals surface area contributed by atoms with Gasteiger partial charge in [-0.3, -0.25) is 9.59 Å². The van der Waals surface area contributed by atoms with Gasteiger partial charge in [0.2, 0.25) is 5.91 Å². The molecule has 0 bridgehead atoms. The quantitative estimate of drug-likeness (QED) is 0.870. The van der Waals surface area contributed by atoms with Gasteiger partial charge < -0.3 is 10.4 Å².